The standard InChI is InChI=1S/C26H27FN2O3/c1-19(20-6-8-21(9-7-20)24-5-2-3-16-28-24)29-17-15-26(14-4-18-30,32-25(29)31)22-10-12-23(27)13-11-22/h2-3,5-13,16,19,30H,4,14-15,17-18H2,1H3/t19-,26?/m0/s1. The number of carbonyl (C=O) groups is 1. The van der Waals surface area contributed by atoms with E-state index >= 15 is 0 Å². The Morgan fingerprint density at radius 2 is 1.88 bits per heavy atom. The summed E-state index contributed by atoms with van der Waals surface area (Å²) in [7, 11) is 0. The number of hydrogen-bond acceptors (Lipinski definition) is 4. The Morgan fingerprint density at radius 3 is 2.50 bits per heavy atom. The summed E-state index contributed by atoms with van der Waals surface area (Å²) in [5, 5.41) is 9.35. The van der Waals surface area contributed by atoms with Crippen molar-refractivity contribution >= 4 is 6.09 Å². The van der Waals surface area contributed by atoms with Crippen LogP contribution in [0.25, 0.3) is 11.3 Å². The third-order valence-corrected chi connectivity index (χ3v) is 6.20. The molecule has 4 rings (SSSR count). The topological polar surface area (TPSA) is 62.7 Å². The van der Waals surface area contributed by atoms with Crippen LogP contribution in [0.15, 0.2) is 72.9 Å². The molecule has 2 aromatic carbocycles. The first-order chi connectivity index (χ1) is 15.5. The highest BCUT2D eigenvalue weighted by molar-refractivity contribution is 5.70. The van der Waals surface area contributed by atoms with Crippen LogP contribution in [0.1, 0.15) is 43.4 Å². The first kappa shape index (κ1) is 22.0. The summed E-state index contributed by atoms with van der Waals surface area (Å²) in [6.45, 7) is 2.49. The number of nitrogens with zero attached hydrogens (tertiary/aromatic N) is 2. The van der Waals surface area contributed by atoms with Crippen LogP contribution < -0.4 is 0 Å². The number of cyclic esters (lactones) is 1. The smallest absolute Gasteiger partial charge is 0.411 e. The molecule has 1 aliphatic rings. The largest absolute Gasteiger partial charge is 0.438 e. The van der Waals surface area contributed by atoms with Gasteiger partial charge in [-0.05, 0) is 55.2 Å². The van der Waals surface area contributed by atoms with Crippen molar-refractivity contribution in [3.63, 3.8) is 0 Å². The minimum absolute atomic E-state index is 0.00321. The molecule has 5 nitrogen and oxygen atoms in total. The summed E-state index contributed by atoms with van der Waals surface area (Å²) >= 11 is 0. The Bertz CT molecular complexity index is 1040. The molecule has 2 atom stereocenters. The molecule has 1 amide bonds. The molecule has 0 spiro atoms. The van der Waals surface area contributed by atoms with Crippen molar-refractivity contribution in [1.29, 1.82) is 0 Å². The van der Waals surface area contributed by atoms with Crippen LogP contribution in [0.5, 0.6) is 0 Å². The van der Waals surface area contributed by atoms with Gasteiger partial charge in [-0.25, -0.2) is 9.18 Å². The van der Waals surface area contributed by atoms with Gasteiger partial charge in [0.05, 0.1) is 11.7 Å². The third kappa shape index (κ3) is 4.50. The second kappa shape index (κ2) is 9.49. The molecular formula is C26H27FN2O3. The maximum absolute atomic E-state index is 13.4. The van der Waals surface area contributed by atoms with Gasteiger partial charge in [0.25, 0.3) is 0 Å². The molecule has 1 saturated heterocycles. The molecule has 3 aromatic rings. The molecule has 1 fully saturated rings. The SMILES string of the molecule is C[C@@H](c1ccc(-c2ccccn2)cc1)N1CCC(CCCO)(c2ccc(F)cc2)OC1=O. The van der Waals surface area contributed by atoms with Crippen molar-refractivity contribution < 1.29 is 19.0 Å². The highest BCUT2D eigenvalue weighted by Gasteiger charge is 2.43. The number of aliphatic hydroxyl groups is 1. The van der Waals surface area contributed by atoms with Gasteiger partial charge in [-0.1, -0.05) is 42.5 Å². The average molecular weight is 435 g/mol. The molecule has 0 saturated carbocycles. The van der Waals surface area contributed by atoms with Crippen molar-refractivity contribution in [3.05, 3.63) is 89.9 Å². The predicted octanol–water partition coefficient (Wildman–Crippen LogP) is 5.46. The first-order valence-electron chi connectivity index (χ1n) is 10.9. The van der Waals surface area contributed by atoms with Crippen LogP contribution in [0.3, 0.4) is 0 Å². The summed E-state index contributed by atoms with van der Waals surface area (Å²) in [5.74, 6) is -0.336. The van der Waals surface area contributed by atoms with Crippen molar-refractivity contribution in [2.24, 2.45) is 0 Å². The number of hydrogen-bond donors (Lipinski definition) is 1. The minimum atomic E-state index is -0.855. The minimum Gasteiger partial charge on any atom is -0.438 e. The lowest BCUT2D eigenvalue weighted by molar-refractivity contribution is -0.0680. The van der Waals surface area contributed by atoms with Gasteiger partial charge in [0.15, 0.2) is 0 Å². The first-order valence-corrected chi connectivity index (χ1v) is 10.9. The Labute approximate surface area is 187 Å². The molecule has 166 valence electrons. The van der Waals surface area contributed by atoms with Gasteiger partial charge in [0, 0.05) is 31.3 Å². The van der Waals surface area contributed by atoms with E-state index in [-0.39, 0.29) is 18.5 Å². The molecule has 0 radical (unpaired) electrons. The number of ether oxygens (including phenoxy) is 1. The van der Waals surface area contributed by atoms with Gasteiger partial charge < -0.3 is 14.7 Å². The van der Waals surface area contributed by atoms with Crippen LogP contribution in [0, 0.1) is 5.82 Å². The number of rotatable bonds is 7. The average Bonchev–Trinajstić information content (AvgIpc) is 2.83. The molecule has 1 aromatic heterocycles. The lowest BCUT2D eigenvalue weighted by atomic mass is 9.84. The summed E-state index contributed by atoms with van der Waals surface area (Å²) in [4.78, 5) is 19.2. The quantitative estimate of drug-likeness (QED) is 0.536. The van der Waals surface area contributed by atoms with Crippen LogP contribution in [-0.4, -0.2) is 34.2 Å². The van der Waals surface area contributed by atoms with E-state index in [1.165, 1.54) is 12.1 Å². The second-order valence-corrected chi connectivity index (χ2v) is 8.15. The lowest BCUT2D eigenvalue weighted by Gasteiger charge is -2.43. The van der Waals surface area contributed by atoms with E-state index in [0.29, 0.717) is 25.8 Å². The van der Waals surface area contributed by atoms with Gasteiger partial charge in [-0.2, -0.15) is 0 Å². The van der Waals surface area contributed by atoms with Crippen LogP contribution in [-0.2, 0) is 10.3 Å². The van der Waals surface area contributed by atoms with Crippen molar-refractivity contribution in [2.75, 3.05) is 13.2 Å². The number of benzene rings is 2. The van der Waals surface area contributed by atoms with Crippen LogP contribution in [0.2, 0.25) is 0 Å². The Balaban J connectivity index is 1.51. The normalized spacial score (nSPS) is 19.5. The molecule has 1 unspecified atom stereocenters. The fourth-order valence-electron chi connectivity index (χ4n) is 4.31. The predicted molar refractivity (Wildman–Crippen MR) is 120 cm³/mol. The zero-order chi connectivity index (χ0) is 22.6. The zero-order valence-corrected chi connectivity index (χ0v) is 18.1. The van der Waals surface area contributed by atoms with E-state index in [1.807, 2.05) is 49.4 Å². The molecular weight excluding hydrogens is 407 g/mol. The molecule has 1 N–H and O–H groups in total. The number of pyridine rings is 1. The number of aliphatic hydroxyl groups excluding tert-OH is 1. The van der Waals surface area contributed by atoms with Gasteiger partial charge >= 0.3 is 6.09 Å². The van der Waals surface area contributed by atoms with Gasteiger partial charge in [0.1, 0.15) is 11.4 Å². The van der Waals surface area contributed by atoms with E-state index < -0.39 is 11.7 Å². The van der Waals surface area contributed by atoms with Crippen molar-refractivity contribution in [3.8, 4) is 11.3 Å². The number of aromatic nitrogens is 1. The van der Waals surface area contributed by atoms with E-state index in [9.17, 15) is 14.3 Å². The summed E-state index contributed by atoms with van der Waals surface area (Å²) < 4.78 is 19.4. The van der Waals surface area contributed by atoms with E-state index in [2.05, 4.69) is 4.98 Å². The monoisotopic (exact) mass is 434 g/mol. The fourth-order valence-corrected chi connectivity index (χ4v) is 4.31. The van der Waals surface area contributed by atoms with Gasteiger partial charge in [0.2, 0.25) is 0 Å². The van der Waals surface area contributed by atoms with Crippen molar-refractivity contribution in [2.45, 2.75) is 37.8 Å². The maximum Gasteiger partial charge on any atom is 0.411 e. The molecule has 0 bridgehead atoms. The van der Waals surface area contributed by atoms with Gasteiger partial charge in [-0.15, -0.1) is 0 Å². The fraction of sp³-hybridized carbons (Fsp3) is 0.308. The lowest BCUT2D eigenvalue weighted by Crippen LogP contribution is -2.48. The summed E-state index contributed by atoms with van der Waals surface area (Å²) in [5.41, 5.74) is 2.82. The molecule has 0 aliphatic carbocycles. The van der Waals surface area contributed by atoms with E-state index in [4.69, 9.17) is 4.74 Å². The molecule has 6 heteroatoms. The summed E-state index contributed by atoms with van der Waals surface area (Å²) in [6, 6.07) is 19.7. The Kier molecular flexibility index (Phi) is 6.51. The molecule has 1 aliphatic heterocycles. The number of carbonyl (C=O) groups excluding carboxylic acids is 1. The number of halogens is 1. The molecule has 2 heterocycles. The van der Waals surface area contributed by atoms with E-state index in [0.717, 1.165) is 22.4 Å². The third-order valence-electron chi connectivity index (χ3n) is 6.20. The molecule has 32 heavy (non-hydrogen) atoms. The summed E-state index contributed by atoms with van der Waals surface area (Å²) in [6.07, 6.45) is 2.91. The maximum atomic E-state index is 13.4. The van der Waals surface area contributed by atoms with E-state index in [1.54, 1.807) is 23.2 Å². The van der Waals surface area contributed by atoms with Crippen LogP contribution >= 0.6 is 0 Å². The van der Waals surface area contributed by atoms with Gasteiger partial charge in [-0.3, -0.25) is 4.98 Å². The zero-order valence-electron chi connectivity index (χ0n) is 18.1. The highest BCUT2D eigenvalue weighted by atomic mass is 19.1. The Morgan fingerprint density at radius 1 is 1.12 bits per heavy atom. The highest BCUT2D eigenvalue weighted by Crippen LogP contribution is 2.40. The van der Waals surface area contributed by atoms with Crippen LogP contribution in [0.4, 0.5) is 9.18 Å². The Hall–Kier alpha value is -3.25. The second-order valence-electron chi connectivity index (χ2n) is 8.15. The van der Waals surface area contributed by atoms with Crippen molar-refractivity contribution in [1.82, 2.24) is 9.88 Å². The number of amides is 1.